The highest BCUT2D eigenvalue weighted by atomic mass is 35.5. The van der Waals surface area contributed by atoms with Gasteiger partial charge in [0.2, 0.25) is 10.0 Å². The Hall–Kier alpha value is -1.80. The molecule has 0 aliphatic rings. The fourth-order valence-electron chi connectivity index (χ4n) is 3.20. The predicted molar refractivity (Wildman–Crippen MR) is 124 cm³/mol. The summed E-state index contributed by atoms with van der Waals surface area (Å²) < 4.78 is 31.8. The number of hydrogen-bond acceptors (Lipinski definition) is 5. The van der Waals surface area contributed by atoms with Gasteiger partial charge in [-0.15, -0.1) is 11.3 Å². The zero-order valence-electron chi connectivity index (χ0n) is 16.7. The summed E-state index contributed by atoms with van der Waals surface area (Å²) in [4.78, 5) is 12.9. The first-order valence-corrected chi connectivity index (χ1v) is 12.6. The maximum atomic E-state index is 12.5. The monoisotopic (exact) mass is 485 g/mol. The Balaban J connectivity index is 1.79. The van der Waals surface area contributed by atoms with Crippen LogP contribution in [0.5, 0.6) is 5.75 Å². The van der Waals surface area contributed by atoms with Crippen molar-refractivity contribution >= 4 is 60.6 Å². The van der Waals surface area contributed by atoms with E-state index in [-0.39, 0.29) is 0 Å². The highest BCUT2D eigenvalue weighted by molar-refractivity contribution is 7.89. The summed E-state index contributed by atoms with van der Waals surface area (Å²) in [5.41, 5.74) is 2.69. The molecule has 1 aromatic heterocycles. The van der Waals surface area contributed by atoms with Crippen molar-refractivity contribution in [2.75, 3.05) is 12.9 Å². The second-order valence-corrected chi connectivity index (χ2v) is 10.7. The van der Waals surface area contributed by atoms with Crippen LogP contribution in [-0.2, 0) is 16.4 Å². The van der Waals surface area contributed by atoms with E-state index in [0.717, 1.165) is 43.8 Å². The number of amides is 1. The summed E-state index contributed by atoms with van der Waals surface area (Å²) >= 11 is 13.5. The SMILES string of the molecule is Cc1cc(OCCCc2c(C(=O)NS(C)(=O)=O)sc3cc(Cl)ccc23)cc(C)c1Cl. The quantitative estimate of drug-likeness (QED) is 0.446. The van der Waals surface area contributed by atoms with E-state index in [4.69, 9.17) is 27.9 Å². The Morgan fingerprint density at radius 2 is 1.80 bits per heavy atom. The van der Waals surface area contributed by atoms with Crippen LogP contribution in [0.1, 0.15) is 32.8 Å². The molecule has 0 bridgehead atoms. The van der Waals surface area contributed by atoms with Crippen molar-refractivity contribution in [1.29, 1.82) is 0 Å². The molecule has 2 aromatic carbocycles. The van der Waals surface area contributed by atoms with E-state index in [0.29, 0.717) is 29.3 Å². The summed E-state index contributed by atoms with van der Waals surface area (Å²) in [5.74, 6) is 0.112. The van der Waals surface area contributed by atoms with Gasteiger partial charge in [-0.3, -0.25) is 4.79 Å². The third-order valence-electron chi connectivity index (χ3n) is 4.49. The normalized spacial score (nSPS) is 11.6. The van der Waals surface area contributed by atoms with Crippen LogP contribution in [0.3, 0.4) is 0 Å². The van der Waals surface area contributed by atoms with E-state index in [9.17, 15) is 13.2 Å². The number of carbonyl (C=O) groups excluding carboxylic acids is 1. The molecule has 3 aromatic rings. The minimum absolute atomic E-state index is 0.371. The number of rotatable bonds is 7. The summed E-state index contributed by atoms with van der Waals surface area (Å²) in [6.07, 6.45) is 2.16. The van der Waals surface area contributed by atoms with Crippen LogP contribution in [0, 0.1) is 13.8 Å². The van der Waals surface area contributed by atoms with E-state index in [1.165, 1.54) is 11.3 Å². The summed E-state index contributed by atoms with van der Waals surface area (Å²) in [6, 6.07) is 9.17. The number of thiophene rings is 1. The number of sulfonamides is 1. The van der Waals surface area contributed by atoms with Crippen LogP contribution in [0.15, 0.2) is 30.3 Å². The smallest absolute Gasteiger partial charge is 0.275 e. The Kier molecular flexibility index (Phi) is 6.97. The second-order valence-electron chi connectivity index (χ2n) is 7.08. The number of halogens is 2. The summed E-state index contributed by atoms with van der Waals surface area (Å²) in [7, 11) is -3.66. The van der Waals surface area contributed by atoms with Crippen molar-refractivity contribution in [3.05, 3.63) is 61.9 Å². The molecule has 9 heteroatoms. The molecule has 0 fully saturated rings. The first-order valence-electron chi connectivity index (χ1n) is 9.18. The van der Waals surface area contributed by atoms with Gasteiger partial charge in [0.1, 0.15) is 5.75 Å². The summed E-state index contributed by atoms with van der Waals surface area (Å²) in [5, 5.41) is 2.18. The number of ether oxygens (including phenoxy) is 1. The highest BCUT2D eigenvalue weighted by Gasteiger charge is 2.21. The molecule has 0 saturated carbocycles. The fraction of sp³-hybridized carbons (Fsp3) is 0.286. The average Bonchev–Trinajstić information content (AvgIpc) is 2.99. The first kappa shape index (κ1) is 22.9. The molecule has 30 heavy (non-hydrogen) atoms. The molecule has 3 rings (SSSR count). The lowest BCUT2D eigenvalue weighted by Crippen LogP contribution is -2.29. The van der Waals surface area contributed by atoms with E-state index in [1.807, 2.05) is 32.0 Å². The Bertz CT molecular complexity index is 1200. The molecule has 0 aliphatic carbocycles. The third kappa shape index (κ3) is 5.46. The van der Waals surface area contributed by atoms with Gasteiger partial charge < -0.3 is 4.74 Å². The van der Waals surface area contributed by atoms with Crippen molar-refractivity contribution in [2.24, 2.45) is 0 Å². The predicted octanol–water partition coefficient (Wildman–Crippen LogP) is 5.53. The molecule has 0 saturated heterocycles. The van der Waals surface area contributed by atoms with Gasteiger partial charge in [-0.1, -0.05) is 29.3 Å². The van der Waals surface area contributed by atoms with Gasteiger partial charge >= 0.3 is 0 Å². The number of hydrogen-bond donors (Lipinski definition) is 1. The van der Waals surface area contributed by atoms with Gasteiger partial charge in [0.15, 0.2) is 0 Å². The van der Waals surface area contributed by atoms with Crippen LogP contribution in [0.2, 0.25) is 10.0 Å². The number of aryl methyl sites for hydroxylation is 3. The largest absolute Gasteiger partial charge is 0.494 e. The van der Waals surface area contributed by atoms with Crippen LogP contribution in [0.25, 0.3) is 10.1 Å². The molecule has 0 unspecified atom stereocenters. The Morgan fingerprint density at radius 1 is 1.13 bits per heavy atom. The Labute approximate surface area is 190 Å². The molecule has 1 amide bonds. The lowest BCUT2D eigenvalue weighted by molar-refractivity contribution is 0.0984. The van der Waals surface area contributed by atoms with Crippen LogP contribution in [0.4, 0.5) is 0 Å². The molecule has 5 nitrogen and oxygen atoms in total. The molecule has 160 valence electrons. The van der Waals surface area contributed by atoms with Crippen LogP contribution >= 0.6 is 34.5 Å². The Morgan fingerprint density at radius 3 is 2.43 bits per heavy atom. The van der Waals surface area contributed by atoms with Crippen molar-refractivity contribution in [1.82, 2.24) is 4.72 Å². The molecule has 0 atom stereocenters. The molecular weight excluding hydrogens is 465 g/mol. The topological polar surface area (TPSA) is 72.5 Å². The van der Waals surface area contributed by atoms with Gasteiger partial charge in [-0.25, -0.2) is 13.1 Å². The maximum absolute atomic E-state index is 12.5. The minimum Gasteiger partial charge on any atom is -0.494 e. The zero-order valence-corrected chi connectivity index (χ0v) is 19.9. The number of fused-ring (bicyclic) bond motifs is 1. The highest BCUT2D eigenvalue weighted by Crippen LogP contribution is 2.34. The molecule has 0 spiro atoms. The minimum atomic E-state index is -3.66. The van der Waals surface area contributed by atoms with E-state index < -0.39 is 15.9 Å². The number of benzene rings is 2. The van der Waals surface area contributed by atoms with Gasteiger partial charge in [-0.2, -0.15) is 0 Å². The zero-order chi connectivity index (χ0) is 22.1. The molecule has 0 aliphatic heterocycles. The van der Waals surface area contributed by atoms with Crippen LogP contribution < -0.4 is 9.46 Å². The van der Waals surface area contributed by atoms with Gasteiger partial charge in [0.05, 0.1) is 17.7 Å². The molecule has 0 radical (unpaired) electrons. The van der Waals surface area contributed by atoms with Crippen molar-refractivity contribution < 1.29 is 17.9 Å². The molecular formula is C21H21Cl2NO4S2. The van der Waals surface area contributed by atoms with Crippen molar-refractivity contribution in [2.45, 2.75) is 26.7 Å². The fourth-order valence-corrected chi connectivity index (χ4v) is 5.23. The lowest BCUT2D eigenvalue weighted by atomic mass is 10.1. The molecule has 1 heterocycles. The third-order valence-corrected chi connectivity index (χ3v) is 7.07. The van der Waals surface area contributed by atoms with E-state index >= 15 is 0 Å². The second kappa shape index (κ2) is 9.14. The van der Waals surface area contributed by atoms with Crippen molar-refractivity contribution in [3.63, 3.8) is 0 Å². The van der Waals surface area contributed by atoms with Crippen LogP contribution in [-0.4, -0.2) is 27.2 Å². The first-order chi connectivity index (χ1) is 14.0. The van der Waals surface area contributed by atoms with Gasteiger partial charge in [-0.05, 0) is 73.0 Å². The molecule has 1 N–H and O–H groups in total. The van der Waals surface area contributed by atoms with Crippen molar-refractivity contribution in [3.8, 4) is 5.75 Å². The van der Waals surface area contributed by atoms with Gasteiger partial charge in [0, 0.05) is 14.7 Å². The van der Waals surface area contributed by atoms with E-state index in [2.05, 4.69) is 4.72 Å². The lowest BCUT2D eigenvalue weighted by Gasteiger charge is -2.10. The number of nitrogens with one attached hydrogen (secondary N) is 1. The standard InChI is InChI=1S/C21H21Cl2NO4S2/c1-12-9-15(10-13(2)19(12)23)28-8-4-5-17-16-7-6-14(22)11-18(16)29-20(17)21(25)24-30(3,26)27/h6-7,9-11H,4-5,8H2,1-3H3,(H,24,25). The summed E-state index contributed by atoms with van der Waals surface area (Å²) in [6.45, 7) is 4.30. The average molecular weight is 486 g/mol. The van der Waals surface area contributed by atoms with Gasteiger partial charge in [0.25, 0.3) is 5.91 Å². The van der Waals surface area contributed by atoms with E-state index in [1.54, 1.807) is 12.1 Å². The number of carbonyl (C=O) groups is 1. The maximum Gasteiger partial charge on any atom is 0.275 e.